The Kier molecular flexibility index (Phi) is 4.80. The van der Waals surface area contributed by atoms with Crippen LogP contribution in [-0.2, 0) is 16.4 Å². The maximum Gasteiger partial charge on any atom is 0.175 e. The van der Waals surface area contributed by atoms with E-state index in [0.29, 0.717) is 4.90 Å². The highest BCUT2D eigenvalue weighted by Crippen LogP contribution is 2.24. The molecule has 0 aliphatic rings. The summed E-state index contributed by atoms with van der Waals surface area (Å²) in [6.07, 6.45) is 3.99. The van der Waals surface area contributed by atoms with Crippen LogP contribution >= 0.6 is 0 Å². The average Bonchev–Trinajstić information content (AvgIpc) is 2.88. The Labute approximate surface area is 125 Å². The van der Waals surface area contributed by atoms with E-state index in [-0.39, 0.29) is 6.04 Å². The zero-order valence-corrected chi connectivity index (χ0v) is 13.4. The molecular formula is C15H21N3O2S. The van der Waals surface area contributed by atoms with E-state index in [9.17, 15) is 8.42 Å². The van der Waals surface area contributed by atoms with Crippen molar-refractivity contribution in [2.75, 3.05) is 13.3 Å². The van der Waals surface area contributed by atoms with Crippen LogP contribution < -0.4 is 5.32 Å². The zero-order valence-electron chi connectivity index (χ0n) is 12.6. The highest BCUT2D eigenvalue weighted by atomic mass is 32.2. The second-order valence-electron chi connectivity index (χ2n) is 5.05. The molecule has 0 saturated carbocycles. The summed E-state index contributed by atoms with van der Waals surface area (Å²) in [5.41, 5.74) is 1.95. The number of aryl methyl sites for hydroxylation is 1. The van der Waals surface area contributed by atoms with Crippen LogP contribution in [0.5, 0.6) is 0 Å². The number of nitrogens with zero attached hydrogens (tertiary/aromatic N) is 2. The minimum Gasteiger partial charge on any atom is -0.308 e. The first-order valence-corrected chi connectivity index (χ1v) is 8.85. The predicted molar refractivity (Wildman–Crippen MR) is 83.0 cm³/mol. The molecule has 6 heteroatoms. The van der Waals surface area contributed by atoms with E-state index in [1.54, 1.807) is 24.4 Å². The largest absolute Gasteiger partial charge is 0.308 e. The van der Waals surface area contributed by atoms with Crippen molar-refractivity contribution < 1.29 is 8.42 Å². The molecule has 1 unspecified atom stereocenters. The van der Waals surface area contributed by atoms with Crippen LogP contribution in [0.4, 0.5) is 0 Å². The Bertz CT molecular complexity index is 707. The van der Waals surface area contributed by atoms with E-state index in [1.165, 1.54) is 6.26 Å². The minimum absolute atomic E-state index is 0.0826. The third-order valence-corrected chi connectivity index (χ3v) is 4.50. The van der Waals surface area contributed by atoms with Gasteiger partial charge in [0.05, 0.1) is 16.6 Å². The first-order chi connectivity index (χ1) is 9.97. The smallest absolute Gasteiger partial charge is 0.175 e. The van der Waals surface area contributed by atoms with E-state index >= 15 is 0 Å². The molecule has 0 aliphatic carbocycles. The van der Waals surface area contributed by atoms with Crippen molar-refractivity contribution >= 4 is 9.84 Å². The van der Waals surface area contributed by atoms with Gasteiger partial charge in [-0.25, -0.2) is 8.42 Å². The molecular weight excluding hydrogens is 286 g/mol. The molecule has 114 valence electrons. The lowest BCUT2D eigenvalue weighted by Crippen LogP contribution is -2.22. The highest BCUT2D eigenvalue weighted by Gasteiger charge is 2.18. The van der Waals surface area contributed by atoms with Crippen molar-refractivity contribution in [3.8, 4) is 0 Å². The maximum absolute atomic E-state index is 11.7. The summed E-state index contributed by atoms with van der Waals surface area (Å²) in [5, 5.41) is 7.57. The zero-order chi connectivity index (χ0) is 15.5. The van der Waals surface area contributed by atoms with E-state index < -0.39 is 9.84 Å². The SMILES string of the molecule is CCCn1nccc1C(NC)c1cccc(S(C)(=O)=O)c1. The average molecular weight is 307 g/mol. The molecule has 0 spiro atoms. The van der Waals surface area contributed by atoms with Crippen molar-refractivity contribution in [3.05, 3.63) is 47.8 Å². The van der Waals surface area contributed by atoms with Gasteiger partial charge in [-0.2, -0.15) is 5.10 Å². The van der Waals surface area contributed by atoms with Gasteiger partial charge in [-0.1, -0.05) is 19.1 Å². The summed E-state index contributed by atoms with van der Waals surface area (Å²) in [4.78, 5) is 0.335. The van der Waals surface area contributed by atoms with Crippen LogP contribution in [-0.4, -0.2) is 31.5 Å². The summed E-state index contributed by atoms with van der Waals surface area (Å²) in [7, 11) is -1.34. The predicted octanol–water partition coefficient (Wildman–Crippen LogP) is 2.01. The van der Waals surface area contributed by atoms with Crippen molar-refractivity contribution in [1.29, 1.82) is 0 Å². The highest BCUT2D eigenvalue weighted by molar-refractivity contribution is 7.90. The number of nitrogens with one attached hydrogen (secondary N) is 1. The number of rotatable bonds is 6. The topological polar surface area (TPSA) is 64.0 Å². The summed E-state index contributed by atoms with van der Waals surface area (Å²) in [6.45, 7) is 2.94. The standard InChI is InChI=1S/C15H21N3O2S/c1-4-10-18-14(8-9-17-18)15(16-2)12-6-5-7-13(11-12)21(3,19)20/h5-9,11,15-16H,4,10H2,1-3H3. The number of hydrogen-bond donors (Lipinski definition) is 1. The molecule has 1 heterocycles. The van der Waals surface area contributed by atoms with Crippen LogP contribution in [0.1, 0.15) is 30.6 Å². The Balaban J connectivity index is 2.44. The third kappa shape index (κ3) is 3.51. The summed E-state index contributed by atoms with van der Waals surface area (Å²) >= 11 is 0. The molecule has 1 aromatic carbocycles. The molecule has 0 amide bonds. The quantitative estimate of drug-likeness (QED) is 0.886. The van der Waals surface area contributed by atoms with Crippen molar-refractivity contribution in [3.63, 3.8) is 0 Å². The number of sulfone groups is 1. The minimum atomic E-state index is -3.21. The van der Waals surface area contributed by atoms with Gasteiger partial charge in [0.15, 0.2) is 9.84 Å². The van der Waals surface area contributed by atoms with Gasteiger partial charge in [-0.3, -0.25) is 4.68 Å². The lowest BCUT2D eigenvalue weighted by molar-refractivity contribution is 0.534. The molecule has 5 nitrogen and oxygen atoms in total. The van der Waals surface area contributed by atoms with E-state index in [4.69, 9.17) is 0 Å². The fraction of sp³-hybridized carbons (Fsp3) is 0.400. The monoisotopic (exact) mass is 307 g/mol. The van der Waals surface area contributed by atoms with Crippen LogP contribution in [0.2, 0.25) is 0 Å². The van der Waals surface area contributed by atoms with Crippen LogP contribution in [0.25, 0.3) is 0 Å². The normalized spacial score (nSPS) is 13.3. The van der Waals surface area contributed by atoms with Gasteiger partial charge >= 0.3 is 0 Å². The molecule has 2 rings (SSSR count). The van der Waals surface area contributed by atoms with Gasteiger partial charge in [0.1, 0.15) is 0 Å². The fourth-order valence-corrected chi connectivity index (χ4v) is 3.07. The van der Waals surface area contributed by atoms with Gasteiger partial charge in [0.2, 0.25) is 0 Å². The van der Waals surface area contributed by atoms with E-state index in [2.05, 4.69) is 17.3 Å². The Morgan fingerprint density at radius 3 is 2.71 bits per heavy atom. The molecule has 2 aromatic rings. The third-order valence-electron chi connectivity index (χ3n) is 3.39. The molecule has 0 radical (unpaired) electrons. The van der Waals surface area contributed by atoms with Crippen molar-refractivity contribution in [2.45, 2.75) is 30.8 Å². The summed E-state index contributed by atoms with van der Waals surface area (Å²) < 4.78 is 25.4. The maximum atomic E-state index is 11.7. The molecule has 1 atom stereocenters. The van der Waals surface area contributed by atoms with Crippen molar-refractivity contribution in [1.82, 2.24) is 15.1 Å². The van der Waals surface area contributed by atoms with Crippen molar-refractivity contribution in [2.24, 2.45) is 0 Å². The second-order valence-corrected chi connectivity index (χ2v) is 7.06. The molecule has 0 aliphatic heterocycles. The number of aromatic nitrogens is 2. The molecule has 1 aromatic heterocycles. The first kappa shape index (κ1) is 15.7. The van der Waals surface area contributed by atoms with E-state index in [1.807, 2.05) is 23.9 Å². The Hall–Kier alpha value is -1.66. The van der Waals surface area contributed by atoms with Gasteiger partial charge < -0.3 is 5.32 Å². The first-order valence-electron chi connectivity index (χ1n) is 6.96. The van der Waals surface area contributed by atoms with Gasteiger partial charge in [-0.15, -0.1) is 0 Å². The lowest BCUT2D eigenvalue weighted by atomic mass is 10.0. The Morgan fingerprint density at radius 2 is 2.10 bits per heavy atom. The van der Waals surface area contributed by atoms with E-state index in [0.717, 1.165) is 24.2 Å². The molecule has 1 N–H and O–H groups in total. The van der Waals surface area contributed by atoms with Gasteiger partial charge in [0.25, 0.3) is 0 Å². The van der Waals surface area contributed by atoms with Crippen LogP contribution in [0, 0.1) is 0 Å². The van der Waals surface area contributed by atoms with Gasteiger partial charge in [0, 0.05) is 19.0 Å². The molecule has 0 bridgehead atoms. The second kappa shape index (κ2) is 6.41. The lowest BCUT2D eigenvalue weighted by Gasteiger charge is -2.19. The molecule has 21 heavy (non-hydrogen) atoms. The molecule has 0 fully saturated rings. The Morgan fingerprint density at radius 1 is 1.33 bits per heavy atom. The van der Waals surface area contributed by atoms with Gasteiger partial charge in [-0.05, 0) is 37.2 Å². The number of benzene rings is 1. The molecule has 0 saturated heterocycles. The summed E-state index contributed by atoms with van der Waals surface area (Å²) in [5.74, 6) is 0. The summed E-state index contributed by atoms with van der Waals surface area (Å²) in [6, 6.07) is 8.93. The fourth-order valence-electron chi connectivity index (χ4n) is 2.40. The number of hydrogen-bond acceptors (Lipinski definition) is 4. The van der Waals surface area contributed by atoms with Crippen LogP contribution in [0.15, 0.2) is 41.4 Å². The van der Waals surface area contributed by atoms with Crippen LogP contribution in [0.3, 0.4) is 0 Å².